The number of carbonyl (C=O) groups is 6. The maximum atomic E-state index is 12.7. The number of carboxylic acid groups (broad SMARTS) is 1. The van der Waals surface area contributed by atoms with Crippen molar-refractivity contribution in [1.29, 1.82) is 0 Å². The average Bonchev–Trinajstić information content (AvgIpc) is 3.26. The Labute approximate surface area is 383 Å². The molecule has 2 heterocycles. The lowest BCUT2D eigenvalue weighted by Crippen LogP contribution is -2.69. The van der Waals surface area contributed by atoms with Crippen LogP contribution in [0.25, 0.3) is 0 Å². The fourth-order valence-electron chi connectivity index (χ4n) is 7.93. The topological polar surface area (TPSA) is 232 Å². The maximum Gasteiger partial charge on any atom is 0.305 e. The van der Waals surface area contributed by atoms with E-state index < -0.39 is 58.9 Å². The first kappa shape index (κ1) is 57.7. The van der Waals surface area contributed by atoms with Crippen LogP contribution in [0.3, 0.4) is 0 Å². The molecule has 0 radical (unpaired) electrons. The van der Waals surface area contributed by atoms with Crippen LogP contribution in [0.15, 0.2) is 65.7 Å². The van der Waals surface area contributed by atoms with Crippen molar-refractivity contribution in [1.82, 2.24) is 5.32 Å². The zero-order chi connectivity index (χ0) is 48.9. The first-order valence-corrected chi connectivity index (χ1v) is 22.7. The second kappa shape index (κ2) is 27.2. The normalized spacial score (nSPS) is 25.7. The van der Waals surface area contributed by atoms with Gasteiger partial charge in [-0.15, -0.1) is 0 Å². The Hall–Kier alpha value is -4.35. The van der Waals surface area contributed by atoms with E-state index in [1.165, 1.54) is 49.9 Å². The molecule has 1 amide bonds. The number of fused-ring (bicyclic) bond motifs is 1. The van der Waals surface area contributed by atoms with Gasteiger partial charge in [-0.05, 0) is 72.0 Å². The number of ketones is 1. The number of aldehydes is 1. The number of hydrogen-bond acceptors (Lipinski definition) is 14. The van der Waals surface area contributed by atoms with Gasteiger partial charge in [0.25, 0.3) is 5.24 Å². The Morgan fingerprint density at radius 1 is 1.03 bits per heavy atom. The molecule has 360 valence electrons. The van der Waals surface area contributed by atoms with Gasteiger partial charge in [0.2, 0.25) is 0 Å². The standard InChI is InChI=1S/C15H22O7.C13H19NO4S.C12H22O.C7H6O.CH4O/c1-8(21-9(2)16)13(19)14(4)6-15(22-10(3)17)7-20-12(15)5-11(14)18;1-2-3-8-19-13(17)14-10(9-12(15)16)11-6-4-5-7-18-11;1-6-12(13)8-7-9(2)10(3)11(12,4)5;8-6-7-4-2-1-3-5-7;1-2/h8,11-12,18H,5-7H2,1-4H3;5-7,10H,2-4,8-9H2,1H3,(H,14,17)(H,15,16);13H,6-8H2,1-5H3;1-6H;2H,1H3/t8-,11?,12-,14+,15+;10-;12-;;/m110../s1. The Bertz CT molecular complexity index is 1790. The number of aliphatic hydroxyl groups is 3. The first-order valence-electron chi connectivity index (χ1n) is 21.7. The molecule has 2 aliphatic carbocycles. The predicted molar refractivity (Wildman–Crippen MR) is 245 cm³/mol. The number of aliphatic carboxylic acids is 1. The summed E-state index contributed by atoms with van der Waals surface area (Å²) in [5.41, 5.74) is 0.982. The number of Topliss-reactive ketones (excluding diaryl/α,β-unsaturated/α-hetero) is 1. The van der Waals surface area contributed by atoms with Crippen LogP contribution >= 0.6 is 11.8 Å². The van der Waals surface area contributed by atoms with Gasteiger partial charge >= 0.3 is 17.9 Å². The Kier molecular flexibility index (Phi) is 24.5. The van der Waals surface area contributed by atoms with Crippen molar-refractivity contribution >= 4 is 47.0 Å². The second-order valence-electron chi connectivity index (χ2n) is 17.0. The van der Waals surface area contributed by atoms with Gasteiger partial charge in [-0.25, -0.2) is 0 Å². The van der Waals surface area contributed by atoms with E-state index in [0.717, 1.165) is 56.8 Å². The second-order valence-corrected chi connectivity index (χ2v) is 18.0. The fourth-order valence-corrected chi connectivity index (χ4v) is 8.77. The number of esters is 2. The molecule has 4 aliphatic rings. The highest BCUT2D eigenvalue weighted by Crippen LogP contribution is 2.51. The molecule has 64 heavy (non-hydrogen) atoms. The lowest BCUT2D eigenvalue weighted by molar-refractivity contribution is -0.291. The number of allylic oxidation sites excluding steroid dienone is 3. The first-order chi connectivity index (χ1) is 30.0. The molecule has 1 aromatic rings. The number of thioether (sulfide) groups is 1. The van der Waals surface area contributed by atoms with Crippen LogP contribution in [0, 0.1) is 10.8 Å². The highest BCUT2D eigenvalue weighted by Gasteiger charge is 2.63. The number of hydrogen-bond donors (Lipinski definition) is 5. The number of nitrogens with one attached hydrogen (secondary N) is 1. The van der Waals surface area contributed by atoms with Crippen LogP contribution in [0.4, 0.5) is 4.79 Å². The van der Waals surface area contributed by atoms with Crippen molar-refractivity contribution in [3.05, 3.63) is 71.2 Å². The zero-order valence-corrected chi connectivity index (χ0v) is 40.4. The summed E-state index contributed by atoms with van der Waals surface area (Å²) < 4.78 is 21.0. The summed E-state index contributed by atoms with van der Waals surface area (Å²) in [6.45, 7) is 18.6. The molecule has 1 saturated heterocycles. The van der Waals surface area contributed by atoms with E-state index in [-0.39, 0.29) is 42.3 Å². The lowest BCUT2D eigenvalue weighted by Gasteiger charge is -2.57. The minimum Gasteiger partial charge on any atom is -0.481 e. The van der Waals surface area contributed by atoms with Gasteiger partial charge < -0.3 is 44.7 Å². The summed E-state index contributed by atoms with van der Waals surface area (Å²) in [6, 6.07) is 8.49. The van der Waals surface area contributed by atoms with Gasteiger partial charge in [0, 0.05) is 50.5 Å². The molecule has 2 fully saturated rings. The number of ether oxygens (including phenoxy) is 4. The maximum absolute atomic E-state index is 12.7. The monoisotopic (exact) mass is 919 g/mol. The van der Waals surface area contributed by atoms with Crippen LogP contribution in [0.5, 0.6) is 0 Å². The number of carbonyl (C=O) groups excluding carboxylic acids is 5. The van der Waals surface area contributed by atoms with Gasteiger partial charge in [0.15, 0.2) is 17.5 Å². The SMILES string of the molecule is CC(=O)O[C@H](C)C(=O)[C@@]1(C)C[C@]2(OC(C)=O)CO[C@@H]2CC1O.CCCCSC(=O)N[C@H](CC(=O)O)C1=CCC=CO1.CC[C@]1(O)CCC(C)=C(C)C1(C)C.CO.O=Cc1ccccc1. The van der Waals surface area contributed by atoms with E-state index in [1.54, 1.807) is 25.1 Å². The Morgan fingerprint density at radius 3 is 2.14 bits per heavy atom. The third-order valence-electron chi connectivity index (χ3n) is 12.3. The van der Waals surface area contributed by atoms with Crippen molar-refractivity contribution in [2.45, 2.75) is 163 Å². The molecular weight excluding hydrogens is 847 g/mol. The molecule has 0 spiro atoms. The Morgan fingerprint density at radius 2 is 1.67 bits per heavy atom. The third kappa shape index (κ3) is 16.6. The molecule has 0 aromatic heterocycles. The number of unbranched alkanes of at least 4 members (excludes halogenated alkanes) is 1. The summed E-state index contributed by atoms with van der Waals surface area (Å²) in [6.07, 6.45) is 9.28. The van der Waals surface area contributed by atoms with E-state index in [0.29, 0.717) is 12.2 Å². The average molecular weight is 920 g/mol. The molecule has 0 bridgehead atoms. The molecule has 7 atom stereocenters. The van der Waals surface area contributed by atoms with Crippen LogP contribution < -0.4 is 5.32 Å². The summed E-state index contributed by atoms with van der Waals surface area (Å²) in [5.74, 6) is -1.13. The van der Waals surface area contributed by atoms with Crippen molar-refractivity contribution in [2.24, 2.45) is 10.8 Å². The number of rotatable bonds is 13. The molecule has 1 saturated carbocycles. The van der Waals surface area contributed by atoms with Crippen molar-refractivity contribution < 1.29 is 68.1 Å². The van der Waals surface area contributed by atoms with Crippen molar-refractivity contribution in [3.8, 4) is 0 Å². The smallest absolute Gasteiger partial charge is 0.305 e. The minimum absolute atomic E-state index is 0.0515. The van der Waals surface area contributed by atoms with Crippen LogP contribution in [0.2, 0.25) is 0 Å². The number of benzene rings is 1. The van der Waals surface area contributed by atoms with Gasteiger partial charge in [-0.2, -0.15) is 0 Å². The van der Waals surface area contributed by atoms with E-state index in [2.05, 4.69) is 46.9 Å². The summed E-state index contributed by atoms with van der Waals surface area (Å²) in [5, 5.41) is 39.2. The van der Waals surface area contributed by atoms with E-state index in [9.17, 15) is 39.0 Å². The summed E-state index contributed by atoms with van der Waals surface area (Å²) in [4.78, 5) is 67.6. The van der Waals surface area contributed by atoms with Crippen molar-refractivity contribution in [3.63, 3.8) is 0 Å². The molecule has 5 N–H and O–H groups in total. The van der Waals surface area contributed by atoms with Gasteiger partial charge in [-0.3, -0.25) is 28.8 Å². The molecule has 1 unspecified atom stereocenters. The highest BCUT2D eigenvalue weighted by molar-refractivity contribution is 8.13. The summed E-state index contributed by atoms with van der Waals surface area (Å²) >= 11 is 1.18. The van der Waals surface area contributed by atoms with Gasteiger partial charge in [-0.1, -0.05) is 87.4 Å². The van der Waals surface area contributed by atoms with Crippen molar-refractivity contribution in [2.75, 3.05) is 19.5 Å². The number of carboxylic acids is 1. The van der Waals surface area contributed by atoms with Crippen LogP contribution in [-0.2, 0) is 38.1 Å². The minimum atomic E-state index is -1.16. The highest BCUT2D eigenvalue weighted by atomic mass is 32.2. The van der Waals surface area contributed by atoms with E-state index >= 15 is 0 Å². The third-order valence-corrected chi connectivity index (χ3v) is 13.1. The molecule has 16 heteroatoms. The Balaban J connectivity index is 0.000000443. The number of amides is 1. The molecule has 1 aromatic carbocycles. The zero-order valence-electron chi connectivity index (χ0n) is 39.6. The van der Waals surface area contributed by atoms with Crippen LogP contribution in [-0.4, -0.2) is 111 Å². The number of aliphatic hydroxyl groups excluding tert-OH is 2. The quantitative estimate of drug-likeness (QED) is 0.0554. The largest absolute Gasteiger partial charge is 0.481 e. The molecule has 5 rings (SSSR count). The van der Waals surface area contributed by atoms with Crippen LogP contribution in [0.1, 0.15) is 137 Å². The van der Waals surface area contributed by atoms with Gasteiger partial charge in [0.1, 0.15) is 18.1 Å². The van der Waals surface area contributed by atoms with E-state index in [1.807, 2.05) is 24.3 Å². The van der Waals surface area contributed by atoms with E-state index in [4.69, 9.17) is 29.2 Å². The molecule has 15 nitrogen and oxygen atoms in total. The van der Waals surface area contributed by atoms with Gasteiger partial charge in [0.05, 0.1) is 42.5 Å². The summed E-state index contributed by atoms with van der Waals surface area (Å²) in [7, 11) is 1.00. The predicted octanol–water partition coefficient (Wildman–Crippen LogP) is 7.65. The molecular formula is C48H73NO14S. The lowest BCUT2D eigenvalue weighted by atomic mass is 9.61. The fraction of sp³-hybridized carbons (Fsp3) is 0.625. The molecule has 2 aliphatic heterocycles.